The summed E-state index contributed by atoms with van der Waals surface area (Å²) in [6.45, 7) is 0.548. The van der Waals surface area contributed by atoms with E-state index in [0.29, 0.717) is 23.5 Å². The molecule has 3 aromatic heterocycles. The van der Waals surface area contributed by atoms with Gasteiger partial charge < -0.3 is 10.1 Å². The highest BCUT2D eigenvalue weighted by Crippen LogP contribution is 2.22. The maximum atomic E-state index is 12.8. The molecule has 9 heteroatoms. The number of H-pyrrole nitrogens is 2. The third-order valence-electron chi connectivity index (χ3n) is 4.94. The van der Waals surface area contributed by atoms with Crippen LogP contribution in [0.3, 0.4) is 0 Å². The number of amides is 1. The van der Waals surface area contributed by atoms with Crippen LogP contribution in [0.1, 0.15) is 15.9 Å². The Morgan fingerprint density at radius 2 is 1.97 bits per heavy atom. The van der Waals surface area contributed by atoms with Crippen LogP contribution in [0.4, 0.5) is 5.69 Å². The van der Waals surface area contributed by atoms with Crippen molar-refractivity contribution in [1.82, 2.24) is 30.6 Å². The first-order chi connectivity index (χ1) is 15.7. The van der Waals surface area contributed by atoms with Crippen molar-refractivity contribution in [2.45, 2.75) is 6.42 Å². The van der Waals surface area contributed by atoms with Crippen LogP contribution in [0.15, 0.2) is 73.1 Å². The van der Waals surface area contributed by atoms with Crippen molar-refractivity contribution in [2.75, 3.05) is 11.9 Å². The molecule has 0 radical (unpaired) electrons. The first-order valence-electron chi connectivity index (χ1n) is 10.0. The third kappa shape index (κ3) is 4.31. The van der Waals surface area contributed by atoms with Crippen molar-refractivity contribution in [3.8, 4) is 17.0 Å². The average Bonchev–Trinajstić information content (AvgIpc) is 3.52. The Labute approximate surface area is 182 Å². The zero-order valence-corrected chi connectivity index (χ0v) is 16.9. The Morgan fingerprint density at radius 1 is 1.06 bits per heavy atom. The van der Waals surface area contributed by atoms with Crippen molar-refractivity contribution in [3.05, 3.63) is 84.2 Å². The molecule has 0 spiro atoms. The molecule has 32 heavy (non-hydrogen) atoms. The summed E-state index contributed by atoms with van der Waals surface area (Å²) in [6.07, 6.45) is 4.39. The fourth-order valence-electron chi connectivity index (χ4n) is 3.26. The molecule has 0 aliphatic rings. The van der Waals surface area contributed by atoms with Crippen LogP contribution < -0.4 is 10.1 Å². The maximum absolute atomic E-state index is 12.8. The number of carbonyl (C=O) groups is 1. The molecular weight excluding hydrogens is 406 g/mol. The van der Waals surface area contributed by atoms with Gasteiger partial charge in [-0.15, -0.1) is 5.10 Å². The molecule has 0 saturated carbocycles. The van der Waals surface area contributed by atoms with E-state index in [-0.39, 0.29) is 5.91 Å². The van der Waals surface area contributed by atoms with Crippen LogP contribution in [0, 0.1) is 0 Å². The summed E-state index contributed by atoms with van der Waals surface area (Å²) in [5.74, 6) is 0.533. The van der Waals surface area contributed by atoms with E-state index in [1.165, 1.54) is 0 Å². The highest BCUT2D eigenvalue weighted by molar-refractivity contribution is 6.05. The standard InChI is InChI=1S/C23H19N7O2/c31-23(26-18-4-6-19(7-5-18)32-11-10-15-13-24-25-14-15)17-3-1-2-16(12-17)20-8-9-21-22(27-20)29-30-28-21/h1-9,12-14H,10-11H2,(H,24,25)(H,26,31)(H,27,28,29,30). The van der Waals surface area contributed by atoms with Crippen molar-refractivity contribution in [3.63, 3.8) is 0 Å². The smallest absolute Gasteiger partial charge is 0.255 e. The Hall–Kier alpha value is -4.53. The lowest BCUT2D eigenvalue weighted by molar-refractivity contribution is 0.102. The Kier molecular flexibility index (Phi) is 5.27. The van der Waals surface area contributed by atoms with Gasteiger partial charge in [0, 0.05) is 29.4 Å². The summed E-state index contributed by atoms with van der Waals surface area (Å²) < 4.78 is 5.74. The van der Waals surface area contributed by atoms with Gasteiger partial charge in [0.2, 0.25) is 5.65 Å². The number of nitrogens with zero attached hydrogens (tertiary/aromatic N) is 4. The molecule has 0 bridgehead atoms. The van der Waals surface area contributed by atoms with Crippen LogP contribution in [0.2, 0.25) is 0 Å². The zero-order chi connectivity index (χ0) is 21.8. The summed E-state index contributed by atoms with van der Waals surface area (Å²) in [5, 5.41) is 20.1. The minimum absolute atomic E-state index is 0.206. The van der Waals surface area contributed by atoms with E-state index >= 15 is 0 Å². The summed E-state index contributed by atoms with van der Waals surface area (Å²) in [4.78, 5) is 17.2. The largest absolute Gasteiger partial charge is 0.493 e. The van der Waals surface area contributed by atoms with Crippen molar-refractivity contribution in [1.29, 1.82) is 0 Å². The molecule has 5 rings (SSSR count). The number of ether oxygens (including phenoxy) is 1. The fraction of sp³-hybridized carbons (Fsp3) is 0.0870. The first-order valence-corrected chi connectivity index (χ1v) is 10.0. The molecule has 0 aliphatic carbocycles. The quantitative estimate of drug-likeness (QED) is 0.366. The van der Waals surface area contributed by atoms with E-state index in [4.69, 9.17) is 4.74 Å². The second-order valence-electron chi connectivity index (χ2n) is 7.14. The van der Waals surface area contributed by atoms with E-state index in [9.17, 15) is 4.79 Å². The summed E-state index contributed by atoms with van der Waals surface area (Å²) in [6, 6.07) is 18.3. The topological polar surface area (TPSA) is 121 Å². The maximum Gasteiger partial charge on any atom is 0.255 e. The van der Waals surface area contributed by atoms with Gasteiger partial charge in [-0.2, -0.15) is 5.10 Å². The number of anilines is 1. The number of carbonyl (C=O) groups excluding carboxylic acids is 1. The molecule has 3 N–H and O–H groups in total. The second-order valence-corrected chi connectivity index (χ2v) is 7.14. The van der Waals surface area contributed by atoms with Gasteiger partial charge in [-0.3, -0.25) is 15.0 Å². The summed E-state index contributed by atoms with van der Waals surface area (Å²) in [5.41, 5.74) is 5.14. The summed E-state index contributed by atoms with van der Waals surface area (Å²) in [7, 11) is 0. The fourth-order valence-corrected chi connectivity index (χ4v) is 3.26. The first kappa shape index (κ1) is 19.4. The predicted molar refractivity (Wildman–Crippen MR) is 119 cm³/mol. The van der Waals surface area contributed by atoms with Gasteiger partial charge in [-0.25, -0.2) is 4.98 Å². The minimum Gasteiger partial charge on any atom is -0.493 e. The molecule has 0 unspecified atom stereocenters. The normalized spacial score (nSPS) is 10.9. The molecule has 0 saturated heterocycles. The molecular formula is C23H19N7O2. The molecule has 158 valence electrons. The van der Waals surface area contributed by atoms with E-state index in [2.05, 4.69) is 35.9 Å². The molecule has 2 aromatic carbocycles. The lowest BCUT2D eigenvalue weighted by Crippen LogP contribution is -2.12. The second kappa shape index (κ2) is 8.68. The van der Waals surface area contributed by atoms with E-state index in [1.54, 1.807) is 18.3 Å². The highest BCUT2D eigenvalue weighted by atomic mass is 16.5. The number of hydrogen-bond acceptors (Lipinski definition) is 6. The predicted octanol–water partition coefficient (Wildman–Crippen LogP) is 3.62. The van der Waals surface area contributed by atoms with Crippen molar-refractivity contribution >= 4 is 22.8 Å². The van der Waals surface area contributed by atoms with Crippen LogP contribution in [0.25, 0.3) is 22.4 Å². The third-order valence-corrected chi connectivity index (χ3v) is 4.94. The van der Waals surface area contributed by atoms with Crippen LogP contribution in [-0.2, 0) is 6.42 Å². The number of fused-ring (bicyclic) bond motifs is 1. The van der Waals surface area contributed by atoms with E-state index < -0.39 is 0 Å². The van der Waals surface area contributed by atoms with E-state index in [0.717, 1.165) is 34.5 Å². The summed E-state index contributed by atoms with van der Waals surface area (Å²) >= 11 is 0. The van der Waals surface area contributed by atoms with Gasteiger partial charge in [0.05, 0.1) is 18.5 Å². The van der Waals surface area contributed by atoms with Crippen molar-refractivity contribution in [2.24, 2.45) is 0 Å². The van der Waals surface area contributed by atoms with Gasteiger partial charge in [0.1, 0.15) is 11.3 Å². The van der Waals surface area contributed by atoms with Crippen LogP contribution in [-0.4, -0.2) is 43.1 Å². The zero-order valence-electron chi connectivity index (χ0n) is 16.9. The molecule has 0 aliphatic heterocycles. The lowest BCUT2D eigenvalue weighted by Gasteiger charge is -2.09. The van der Waals surface area contributed by atoms with Gasteiger partial charge in [0.25, 0.3) is 5.91 Å². The number of hydrogen-bond donors (Lipinski definition) is 3. The molecule has 1 amide bonds. The van der Waals surface area contributed by atoms with Crippen LogP contribution in [0.5, 0.6) is 5.75 Å². The van der Waals surface area contributed by atoms with Crippen LogP contribution >= 0.6 is 0 Å². The number of benzene rings is 2. The molecule has 0 fully saturated rings. The monoisotopic (exact) mass is 425 g/mol. The number of rotatable bonds is 7. The van der Waals surface area contributed by atoms with Gasteiger partial charge >= 0.3 is 0 Å². The number of nitrogens with one attached hydrogen (secondary N) is 3. The average molecular weight is 425 g/mol. The van der Waals surface area contributed by atoms with Gasteiger partial charge in [-0.05, 0) is 54.1 Å². The van der Waals surface area contributed by atoms with Gasteiger partial charge in [0.15, 0.2) is 0 Å². The SMILES string of the molecule is O=C(Nc1ccc(OCCc2cn[nH]c2)cc1)c1cccc(-c2ccc3[nH]nnc3n2)c1. The molecule has 5 aromatic rings. The molecule has 3 heterocycles. The Morgan fingerprint density at radius 3 is 2.81 bits per heavy atom. The molecule has 0 atom stereocenters. The van der Waals surface area contributed by atoms with Crippen molar-refractivity contribution < 1.29 is 9.53 Å². The van der Waals surface area contributed by atoms with E-state index in [1.807, 2.05) is 54.7 Å². The lowest BCUT2D eigenvalue weighted by atomic mass is 10.1. The Bertz CT molecular complexity index is 1340. The molecule has 9 nitrogen and oxygen atoms in total. The minimum atomic E-state index is -0.206. The highest BCUT2D eigenvalue weighted by Gasteiger charge is 2.10. The number of aromatic amines is 2. The number of aromatic nitrogens is 6. The Balaban J connectivity index is 1.23. The number of pyridine rings is 1. The van der Waals surface area contributed by atoms with Gasteiger partial charge in [-0.1, -0.05) is 17.3 Å².